The summed E-state index contributed by atoms with van der Waals surface area (Å²) in [5.41, 5.74) is 2.12. The summed E-state index contributed by atoms with van der Waals surface area (Å²) in [4.78, 5) is 34.6. The molecule has 0 saturated carbocycles. The number of ether oxygens (including phenoxy) is 1. The van der Waals surface area contributed by atoms with Crippen LogP contribution >= 0.6 is 0 Å². The molecular formula is C17H15N3O4. The maximum atomic E-state index is 12.3. The van der Waals surface area contributed by atoms with Crippen molar-refractivity contribution in [2.75, 3.05) is 22.6 Å². The summed E-state index contributed by atoms with van der Waals surface area (Å²) in [5.74, 6) is -0.148. The van der Waals surface area contributed by atoms with E-state index in [1.807, 2.05) is 0 Å². The smallest absolute Gasteiger partial charge is 0.262 e. The SMILES string of the molecule is CC(=O)Nc1ccc(C(=O)Nc2ccc3c(c2)NC(=O)CO3)cc1. The van der Waals surface area contributed by atoms with Crippen molar-refractivity contribution in [3.8, 4) is 5.75 Å². The molecular weight excluding hydrogens is 310 g/mol. The zero-order chi connectivity index (χ0) is 17.1. The molecule has 0 spiro atoms. The van der Waals surface area contributed by atoms with Crippen molar-refractivity contribution in [1.82, 2.24) is 0 Å². The van der Waals surface area contributed by atoms with Crippen molar-refractivity contribution in [2.45, 2.75) is 6.92 Å². The highest BCUT2D eigenvalue weighted by Crippen LogP contribution is 2.30. The Balaban J connectivity index is 1.71. The van der Waals surface area contributed by atoms with Crippen molar-refractivity contribution in [3.05, 3.63) is 48.0 Å². The van der Waals surface area contributed by atoms with Gasteiger partial charge in [0.15, 0.2) is 6.61 Å². The van der Waals surface area contributed by atoms with Crippen molar-refractivity contribution in [1.29, 1.82) is 0 Å². The van der Waals surface area contributed by atoms with Crippen LogP contribution in [0.3, 0.4) is 0 Å². The third-order valence-electron chi connectivity index (χ3n) is 3.34. The highest BCUT2D eigenvalue weighted by molar-refractivity contribution is 6.05. The van der Waals surface area contributed by atoms with Crippen molar-refractivity contribution < 1.29 is 19.1 Å². The quantitative estimate of drug-likeness (QED) is 0.806. The Morgan fingerprint density at radius 2 is 1.75 bits per heavy atom. The van der Waals surface area contributed by atoms with Gasteiger partial charge in [0.05, 0.1) is 5.69 Å². The first kappa shape index (κ1) is 15.5. The van der Waals surface area contributed by atoms with Crippen LogP contribution in [0, 0.1) is 0 Å². The van der Waals surface area contributed by atoms with Crippen molar-refractivity contribution in [2.24, 2.45) is 0 Å². The predicted molar refractivity (Wildman–Crippen MR) is 89.3 cm³/mol. The van der Waals surface area contributed by atoms with Crippen LogP contribution in [0.15, 0.2) is 42.5 Å². The minimum atomic E-state index is -0.299. The number of anilines is 3. The van der Waals surface area contributed by atoms with Gasteiger partial charge in [-0.05, 0) is 42.5 Å². The fourth-order valence-electron chi connectivity index (χ4n) is 2.27. The molecule has 0 bridgehead atoms. The third-order valence-corrected chi connectivity index (χ3v) is 3.34. The molecule has 1 aliphatic heterocycles. The lowest BCUT2D eigenvalue weighted by molar-refractivity contribution is -0.118. The van der Waals surface area contributed by atoms with Gasteiger partial charge in [0.25, 0.3) is 11.8 Å². The number of hydrogen-bond donors (Lipinski definition) is 3. The van der Waals surface area contributed by atoms with E-state index in [2.05, 4.69) is 16.0 Å². The maximum Gasteiger partial charge on any atom is 0.262 e. The fourth-order valence-corrected chi connectivity index (χ4v) is 2.27. The summed E-state index contributed by atoms with van der Waals surface area (Å²) in [6.07, 6.45) is 0. The normalized spacial score (nSPS) is 12.5. The molecule has 0 radical (unpaired) electrons. The minimum absolute atomic E-state index is 0.0145. The Hall–Kier alpha value is -3.35. The number of amides is 3. The second kappa shape index (κ2) is 6.41. The second-order valence-electron chi connectivity index (χ2n) is 5.26. The minimum Gasteiger partial charge on any atom is -0.482 e. The van der Waals surface area contributed by atoms with E-state index in [-0.39, 0.29) is 24.3 Å². The first-order chi connectivity index (χ1) is 11.5. The average Bonchev–Trinajstić information content (AvgIpc) is 2.54. The van der Waals surface area contributed by atoms with E-state index >= 15 is 0 Å². The lowest BCUT2D eigenvalue weighted by Crippen LogP contribution is -2.25. The molecule has 0 fully saturated rings. The Morgan fingerprint density at radius 3 is 2.46 bits per heavy atom. The molecule has 3 N–H and O–H groups in total. The van der Waals surface area contributed by atoms with E-state index in [1.165, 1.54) is 6.92 Å². The Labute approximate surface area is 138 Å². The zero-order valence-corrected chi connectivity index (χ0v) is 12.9. The molecule has 24 heavy (non-hydrogen) atoms. The molecule has 0 saturated heterocycles. The fraction of sp³-hybridized carbons (Fsp3) is 0.118. The first-order valence-electron chi connectivity index (χ1n) is 7.27. The summed E-state index contributed by atoms with van der Waals surface area (Å²) in [6, 6.07) is 11.5. The van der Waals surface area contributed by atoms with Gasteiger partial charge in [-0.15, -0.1) is 0 Å². The van der Waals surface area contributed by atoms with Gasteiger partial charge < -0.3 is 20.7 Å². The predicted octanol–water partition coefficient (Wildman–Crippen LogP) is 2.23. The molecule has 122 valence electrons. The van der Waals surface area contributed by atoms with Crippen LogP contribution < -0.4 is 20.7 Å². The van der Waals surface area contributed by atoms with Crippen LogP contribution in [0.4, 0.5) is 17.1 Å². The summed E-state index contributed by atoms with van der Waals surface area (Å²) in [7, 11) is 0. The number of nitrogens with one attached hydrogen (secondary N) is 3. The second-order valence-corrected chi connectivity index (χ2v) is 5.26. The molecule has 0 aliphatic carbocycles. The van der Waals surface area contributed by atoms with Gasteiger partial charge in [-0.3, -0.25) is 14.4 Å². The largest absolute Gasteiger partial charge is 0.482 e. The molecule has 2 aromatic rings. The topological polar surface area (TPSA) is 96.5 Å². The van der Waals surface area contributed by atoms with E-state index in [9.17, 15) is 14.4 Å². The third kappa shape index (κ3) is 3.52. The highest BCUT2D eigenvalue weighted by Gasteiger charge is 2.16. The zero-order valence-electron chi connectivity index (χ0n) is 12.9. The van der Waals surface area contributed by atoms with Crippen molar-refractivity contribution >= 4 is 34.8 Å². The molecule has 1 heterocycles. The van der Waals surface area contributed by atoms with Crippen LogP contribution in [-0.2, 0) is 9.59 Å². The van der Waals surface area contributed by atoms with E-state index in [0.717, 1.165) is 0 Å². The average molecular weight is 325 g/mol. The van der Waals surface area contributed by atoms with Crippen LogP contribution in [-0.4, -0.2) is 24.3 Å². The molecule has 7 nitrogen and oxygen atoms in total. The van der Waals surface area contributed by atoms with E-state index in [4.69, 9.17) is 4.74 Å². The molecule has 3 amide bonds. The Bertz CT molecular complexity index is 815. The summed E-state index contributed by atoms with van der Waals surface area (Å²) in [5, 5.41) is 8.07. The lowest BCUT2D eigenvalue weighted by Gasteiger charge is -2.18. The van der Waals surface area contributed by atoms with Gasteiger partial charge >= 0.3 is 0 Å². The number of hydrogen-bond acceptors (Lipinski definition) is 4. The van der Waals surface area contributed by atoms with E-state index < -0.39 is 0 Å². The number of benzene rings is 2. The van der Waals surface area contributed by atoms with Crippen LogP contribution in [0.2, 0.25) is 0 Å². The summed E-state index contributed by atoms with van der Waals surface area (Å²) in [6.45, 7) is 1.40. The maximum absolute atomic E-state index is 12.3. The van der Waals surface area contributed by atoms with Gasteiger partial charge in [-0.1, -0.05) is 0 Å². The Kier molecular flexibility index (Phi) is 4.15. The molecule has 1 aliphatic rings. The van der Waals surface area contributed by atoms with Gasteiger partial charge in [-0.25, -0.2) is 0 Å². The lowest BCUT2D eigenvalue weighted by atomic mass is 10.1. The number of carbonyl (C=O) groups is 3. The standard InChI is InChI=1S/C17H15N3O4/c1-10(21)18-12-4-2-11(3-5-12)17(23)19-13-6-7-15-14(8-13)20-16(22)9-24-15/h2-8H,9H2,1H3,(H,18,21)(H,19,23)(H,20,22). The van der Waals surface area contributed by atoms with Gasteiger partial charge in [0.2, 0.25) is 5.91 Å². The van der Waals surface area contributed by atoms with Crippen LogP contribution in [0.1, 0.15) is 17.3 Å². The summed E-state index contributed by atoms with van der Waals surface area (Å²) < 4.78 is 5.27. The highest BCUT2D eigenvalue weighted by atomic mass is 16.5. The number of fused-ring (bicyclic) bond motifs is 1. The van der Waals surface area contributed by atoms with Crippen LogP contribution in [0.25, 0.3) is 0 Å². The van der Waals surface area contributed by atoms with Gasteiger partial charge in [-0.2, -0.15) is 0 Å². The van der Waals surface area contributed by atoms with Crippen molar-refractivity contribution in [3.63, 3.8) is 0 Å². The summed E-state index contributed by atoms with van der Waals surface area (Å²) >= 11 is 0. The monoisotopic (exact) mass is 325 g/mol. The molecule has 0 atom stereocenters. The molecule has 7 heteroatoms. The number of rotatable bonds is 3. The Morgan fingerprint density at radius 1 is 1.04 bits per heavy atom. The molecule has 0 aromatic heterocycles. The van der Waals surface area contributed by atoms with E-state index in [0.29, 0.717) is 28.4 Å². The van der Waals surface area contributed by atoms with Gasteiger partial charge in [0, 0.05) is 23.9 Å². The molecule has 2 aromatic carbocycles. The first-order valence-corrected chi connectivity index (χ1v) is 7.27. The molecule has 0 unspecified atom stereocenters. The van der Waals surface area contributed by atoms with Gasteiger partial charge in [0.1, 0.15) is 5.75 Å². The van der Waals surface area contributed by atoms with E-state index in [1.54, 1.807) is 42.5 Å². The number of carbonyl (C=O) groups excluding carboxylic acids is 3. The van der Waals surface area contributed by atoms with Crippen LogP contribution in [0.5, 0.6) is 5.75 Å². The molecule has 3 rings (SSSR count).